The van der Waals surface area contributed by atoms with Gasteiger partial charge in [-0.2, -0.15) is 0 Å². The molecule has 1 aromatic carbocycles. The average Bonchev–Trinajstić information content (AvgIpc) is 2.04. The van der Waals surface area contributed by atoms with Gasteiger partial charge in [0.25, 0.3) is 0 Å². The average molecular weight is 167 g/mol. The number of phenolic OH excluding ortho intramolecular Hbond substituents is 1. The van der Waals surface area contributed by atoms with Crippen LogP contribution in [0.2, 0.25) is 0 Å². The first kappa shape index (κ1) is 8.14. The molecule has 0 saturated carbocycles. The molecule has 0 unspecified atom stereocenters. The molecule has 0 saturated heterocycles. The van der Waals surface area contributed by atoms with E-state index in [-0.39, 0.29) is 5.75 Å². The summed E-state index contributed by atoms with van der Waals surface area (Å²) in [6.45, 7) is 0. The highest BCUT2D eigenvalue weighted by atomic mass is 32.2. The van der Waals surface area contributed by atoms with Crippen molar-refractivity contribution in [3.63, 3.8) is 0 Å². The van der Waals surface area contributed by atoms with Gasteiger partial charge in [-0.05, 0) is 24.3 Å². The molecule has 0 aliphatic rings. The third-order valence-corrected chi connectivity index (χ3v) is 2.00. The summed E-state index contributed by atoms with van der Waals surface area (Å²) in [7, 11) is 0. The van der Waals surface area contributed by atoms with Crippen LogP contribution >= 0.6 is 11.8 Å². The SMILES string of the molecule is O=[C]CSc1ccc(O)cc1. The lowest BCUT2D eigenvalue weighted by molar-refractivity contribution is 0.475. The molecule has 1 aromatic rings. The summed E-state index contributed by atoms with van der Waals surface area (Å²) in [5.41, 5.74) is 0. The predicted molar refractivity (Wildman–Crippen MR) is 44.5 cm³/mol. The van der Waals surface area contributed by atoms with Gasteiger partial charge in [0.05, 0.1) is 5.75 Å². The van der Waals surface area contributed by atoms with Crippen LogP contribution in [-0.2, 0) is 4.79 Å². The fraction of sp³-hybridized carbons (Fsp3) is 0.125. The van der Waals surface area contributed by atoms with Crippen molar-refractivity contribution < 1.29 is 9.90 Å². The highest BCUT2D eigenvalue weighted by Crippen LogP contribution is 2.19. The molecule has 0 spiro atoms. The number of aromatic hydroxyl groups is 1. The number of rotatable bonds is 3. The fourth-order valence-corrected chi connectivity index (χ4v) is 1.21. The molecule has 0 aromatic heterocycles. The van der Waals surface area contributed by atoms with Crippen LogP contribution in [-0.4, -0.2) is 17.1 Å². The van der Waals surface area contributed by atoms with Gasteiger partial charge in [0.2, 0.25) is 6.29 Å². The van der Waals surface area contributed by atoms with Gasteiger partial charge in [-0.15, -0.1) is 11.8 Å². The summed E-state index contributed by atoms with van der Waals surface area (Å²) >= 11 is 1.39. The van der Waals surface area contributed by atoms with Crippen LogP contribution in [0.5, 0.6) is 5.75 Å². The Morgan fingerprint density at radius 1 is 1.36 bits per heavy atom. The van der Waals surface area contributed by atoms with Crippen molar-refractivity contribution in [1.82, 2.24) is 0 Å². The Bertz CT molecular complexity index is 230. The Labute approximate surface area is 69.2 Å². The van der Waals surface area contributed by atoms with Crippen molar-refractivity contribution in [2.24, 2.45) is 0 Å². The van der Waals surface area contributed by atoms with Crippen molar-refractivity contribution in [2.45, 2.75) is 4.90 Å². The minimum Gasteiger partial charge on any atom is -0.508 e. The minimum atomic E-state index is 0.240. The third-order valence-electron chi connectivity index (χ3n) is 1.13. The molecule has 57 valence electrons. The van der Waals surface area contributed by atoms with Gasteiger partial charge in [-0.25, -0.2) is 0 Å². The van der Waals surface area contributed by atoms with Gasteiger partial charge in [-0.3, -0.25) is 4.79 Å². The van der Waals surface area contributed by atoms with Crippen LogP contribution in [0.3, 0.4) is 0 Å². The fourth-order valence-electron chi connectivity index (χ4n) is 0.655. The summed E-state index contributed by atoms with van der Waals surface area (Å²) in [6, 6.07) is 6.70. The minimum absolute atomic E-state index is 0.240. The predicted octanol–water partition coefficient (Wildman–Crippen LogP) is 1.59. The molecule has 1 N–H and O–H groups in total. The first-order valence-corrected chi connectivity index (χ1v) is 4.08. The second-order valence-electron chi connectivity index (χ2n) is 1.93. The second-order valence-corrected chi connectivity index (χ2v) is 2.98. The van der Waals surface area contributed by atoms with Gasteiger partial charge < -0.3 is 5.11 Å². The van der Waals surface area contributed by atoms with Crippen LogP contribution in [0.25, 0.3) is 0 Å². The highest BCUT2D eigenvalue weighted by Gasteiger charge is 1.92. The molecule has 0 aliphatic carbocycles. The molecule has 0 aliphatic heterocycles. The zero-order chi connectivity index (χ0) is 8.10. The van der Waals surface area contributed by atoms with Crippen molar-refractivity contribution >= 4 is 18.0 Å². The number of carbonyl (C=O) groups excluding carboxylic acids is 1. The van der Waals surface area contributed by atoms with Crippen LogP contribution in [0.15, 0.2) is 29.2 Å². The lowest BCUT2D eigenvalue weighted by Crippen LogP contribution is -1.77. The topological polar surface area (TPSA) is 37.3 Å². The highest BCUT2D eigenvalue weighted by molar-refractivity contribution is 7.99. The van der Waals surface area contributed by atoms with Crippen molar-refractivity contribution in [2.75, 3.05) is 5.75 Å². The van der Waals surface area contributed by atoms with E-state index >= 15 is 0 Å². The first-order chi connectivity index (χ1) is 5.33. The van der Waals surface area contributed by atoms with Crippen LogP contribution < -0.4 is 0 Å². The number of phenols is 1. The molecule has 0 atom stereocenters. The summed E-state index contributed by atoms with van der Waals surface area (Å²) < 4.78 is 0. The molecule has 1 radical (unpaired) electrons. The summed E-state index contributed by atoms with van der Waals surface area (Å²) in [4.78, 5) is 10.8. The maximum Gasteiger partial charge on any atom is 0.209 e. The Morgan fingerprint density at radius 3 is 2.55 bits per heavy atom. The zero-order valence-corrected chi connectivity index (χ0v) is 6.60. The van der Waals surface area contributed by atoms with Crippen LogP contribution in [0.4, 0.5) is 0 Å². The Kier molecular flexibility index (Phi) is 2.98. The van der Waals surface area contributed by atoms with Gasteiger partial charge >= 0.3 is 0 Å². The monoisotopic (exact) mass is 167 g/mol. The number of hydrogen-bond acceptors (Lipinski definition) is 3. The first-order valence-electron chi connectivity index (χ1n) is 3.10. The van der Waals surface area contributed by atoms with Gasteiger partial charge in [0.15, 0.2) is 0 Å². The van der Waals surface area contributed by atoms with Crippen molar-refractivity contribution in [1.29, 1.82) is 0 Å². The molecule has 2 nitrogen and oxygen atoms in total. The van der Waals surface area contributed by atoms with E-state index in [4.69, 9.17) is 5.11 Å². The van der Waals surface area contributed by atoms with E-state index in [1.165, 1.54) is 11.8 Å². The van der Waals surface area contributed by atoms with Crippen molar-refractivity contribution in [3.05, 3.63) is 24.3 Å². The van der Waals surface area contributed by atoms with Crippen molar-refractivity contribution in [3.8, 4) is 5.75 Å². The standard InChI is InChI=1S/C8H7O2S/c9-5-6-11-8-3-1-7(10)2-4-8/h1-4,10H,6H2. The Morgan fingerprint density at radius 2 is 2.00 bits per heavy atom. The van der Waals surface area contributed by atoms with Crippen LogP contribution in [0.1, 0.15) is 0 Å². The second kappa shape index (κ2) is 4.03. The van der Waals surface area contributed by atoms with Gasteiger partial charge in [0.1, 0.15) is 5.75 Å². The molecular weight excluding hydrogens is 160 g/mol. The Balaban J connectivity index is 2.58. The molecule has 0 fully saturated rings. The maximum absolute atomic E-state index is 9.85. The number of hydrogen-bond donors (Lipinski definition) is 1. The largest absolute Gasteiger partial charge is 0.508 e. The Hall–Kier alpha value is -0.960. The van der Waals surface area contributed by atoms with Gasteiger partial charge in [0, 0.05) is 4.90 Å². The maximum atomic E-state index is 9.85. The number of benzene rings is 1. The lowest BCUT2D eigenvalue weighted by atomic mass is 10.3. The molecule has 0 bridgehead atoms. The summed E-state index contributed by atoms with van der Waals surface area (Å²) in [6.07, 6.45) is 1.78. The zero-order valence-electron chi connectivity index (χ0n) is 5.78. The molecule has 11 heavy (non-hydrogen) atoms. The molecule has 1 rings (SSSR count). The van der Waals surface area contributed by atoms with E-state index in [9.17, 15) is 4.79 Å². The molecule has 3 heteroatoms. The van der Waals surface area contributed by atoms with E-state index in [2.05, 4.69) is 0 Å². The van der Waals surface area contributed by atoms with E-state index in [1.807, 2.05) is 0 Å². The third kappa shape index (κ3) is 2.63. The number of thioether (sulfide) groups is 1. The lowest BCUT2D eigenvalue weighted by Gasteiger charge is -1.95. The summed E-state index contributed by atoms with van der Waals surface area (Å²) in [5, 5.41) is 8.90. The summed E-state index contributed by atoms with van der Waals surface area (Å²) in [5.74, 6) is 0.578. The normalized spacial score (nSPS) is 9.45. The van der Waals surface area contributed by atoms with E-state index in [0.717, 1.165) is 4.90 Å². The van der Waals surface area contributed by atoms with Crippen LogP contribution in [0, 0.1) is 0 Å². The molecular formula is C8H7O2S. The smallest absolute Gasteiger partial charge is 0.209 e. The molecule has 0 amide bonds. The van der Waals surface area contributed by atoms with E-state index in [0.29, 0.717) is 5.75 Å². The van der Waals surface area contributed by atoms with E-state index < -0.39 is 0 Å². The van der Waals surface area contributed by atoms with Gasteiger partial charge in [-0.1, -0.05) is 0 Å². The quantitative estimate of drug-likeness (QED) is 0.695. The van der Waals surface area contributed by atoms with E-state index in [1.54, 1.807) is 30.6 Å². The molecule has 0 heterocycles.